The number of ether oxygens (including phenoxy) is 1. The van der Waals surface area contributed by atoms with Crippen molar-refractivity contribution in [3.63, 3.8) is 0 Å². The lowest BCUT2D eigenvalue weighted by atomic mass is 9.95. The molecule has 2 fully saturated rings. The molecular weight excluding hydrogens is 246 g/mol. The number of nitro benzene ring substituents is 1. The van der Waals surface area contributed by atoms with Crippen molar-refractivity contribution in [1.29, 1.82) is 5.26 Å². The maximum absolute atomic E-state index is 11.1. The summed E-state index contributed by atoms with van der Waals surface area (Å²) in [5, 5.41) is 23.2. The van der Waals surface area contributed by atoms with Crippen LogP contribution in [0.4, 0.5) is 11.4 Å². The zero-order valence-electron chi connectivity index (χ0n) is 10.2. The van der Waals surface area contributed by atoms with Crippen molar-refractivity contribution in [3.8, 4) is 6.07 Å². The second-order valence-corrected chi connectivity index (χ2v) is 4.93. The van der Waals surface area contributed by atoms with Gasteiger partial charge in [0.05, 0.1) is 23.2 Å². The van der Waals surface area contributed by atoms with Gasteiger partial charge < -0.3 is 10.1 Å². The lowest BCUT2D eigenvalue weighted by Crippen LogP contribution is -2.30. The Labute approximate surface area is 110 Å². The maximum Gasteiger partial charge on any atom is 0.309 e. The molecule has 0 aliphatic carbocycles. The van der Waals surface area contributed by atoms with E-state index in [-0.39, 0.29) is 29.5 Å². The first-order valence-corrected chi connectivity index (χ1v) is 6.28. The summed E-state index contributed by atoms with van der Waals surface area (Å²) < 4.78 is 5.72. The highest BCUT2D eigenvalue weighted by molar-refractivity contribution is 5.69. The lowest BCUT2D eigenvalue weighted by Gasteiger charge is -2.21. The molecule has 2 heterocycles. The Morgan fingerprint density at radius 3 is 2.89 bits per heavy atom. The van der Waals surface area contributed by atoms with Gasteiger partial charge in [0.25, 0.3) is 0 Å². The molecule has 0 amide bonds. The molecule has 2 saturated heterocycles. The Morgan fingerprint density at radius 1 is 1.47 bits per heavy atom. The molecule has 1 N–H and O–H groups in total. The van der Waals surface area contributed by atoms with E-state index < -0.39 is 4.92 Å². The van der Waals surface area contributed by atoms with Crippen LogP contribution in [0.5, 0.6) is 0 Å². The van der Waals surface area contributed by atoms with Crippen molar-refractivity contribution < 1.29 is 9.66 Å². The van der Waals surface area contributed by atoms with Crippen LogP contribution in [0, 0.1) is 21.4 Å². The molecule has 19 heavy (non-hydrogen) atoms. The lowest BCUT2D eigenvalue weighted by molar-refractivity contribution is -0.384. The quantitative estimate of drug-likeness (QED) is 0.664. The van der Waals surface area contributed by atoms with Gasteiger partial charge >= 0.3 is 5.69 Å². The van der Waals surface area contributed by atoms with Crippen LogP contribution in [0.25, 0.3) is 0 Å². The minimum atomic E-state index is -0.505. The molecule has 6 heteroatoms. The van der Waals surface area contributed by atoms with Crippen LogP contribution in [-0.2, 0) is 4.74 Å². The van der Waals surface area contributed by atoms with Crippen molar-refractivity contribution in [2.24, 2.45) is 0 Å². The van der Waals surface area contributed by atoms with Crippen LogP contribution in [0.15, 0.2) is 18.2 Å². The zero-order valence-corrected chi connectivity index (χ0v) is 10.2. The van der Waals surface area contributed by atoms with Crippen molar-refractivity contribution in [2.45, 2.75) is 37.5 Å². The van der Waals surface area contributed by atoms with Crippen molar-refractivity contribution in [1.82, 2.24) is 0 Å². The van der Waals surface area contributed by atoms with E-state index in [1.165, 1.54) is 6.07 Å². The highest BCUT2D eigenvalue weighted by Crippen LogP contribution is 2.38. The maximum atomic E-state index is 11.1. The number of fused-ring (bicyclic) bond motifs is 2. The van der Waals surface area contributed by atoms with Gasteiger partial charge in [-0.05, 0) is 31.4 Å². The topological polar surface area (TPSA) is 88.2 Å². The van der Waals surface area contributed by atoms with Gasteiger partial charge in [-0.1, -0.05) is 6.07 Å². The molecule has 98 valence electrons. The normalized spacial score (nSPS) is 28.1. The molecule has 2 bridgehead atoms. The van der Waals surface area contributed by atoms with E-state index >= 15 is 0 Å². The predicted molar refractivity (Wildman–Crippen MR) is 67.7 cm³/mol. The van der Waals surface area contributed by atoms with Gasteiger partial charge in [0, 0.05) is 0 Å². The molecule has 0 saturated carbocycles. The summed E-state index contributed by atoms with van der Waals surface area (Å²) in [6.45, 7) is 0. The summed E-state index contributed by atoms with van der Waals surface area (Å²) in [6.07, 6.45) is 3.35. The largest absolute Gasteiger partial charge is 0.374 e. The molecule has 0 aromatic heterocycles. The highest BCUT2D eigenvalue weighted by Gasteiger charge is 2.41. The number of rotatable bonds is 3. The molecule has 0 radical (unpaired) electrons. The summed E-state index contributed by atoms with van der Waals surface area (Å²) in [4.78, 5) is 10.6. The van der Waals surface area contributed by atoms with Gasteiger partial charge in [-0.2, -0.15) is 5.26 Å². The Kier molecular flexibility index (Phi) is 2.84. The molecule has 2 aliphatic rings. The molecule has 3 rings (SSSR count). The zero-order chi connectivity index (χ0) is 13.4. The third kappa shape index (κ3) is 2.02. The molecule has 1 aromatic carbocycles. The molecule has 2 aliphatic heterocycles. The Bertz CT molecular complexity index is 567. The SMILES string of the molecule is N#Cc1cccc(NC2CC3CCC2O3)c1[N+](=O)[O-]. The Morgan fingerprint density at radius 2 is 2.32 bits per heavy atom. The fraction of sp³-hybridized carbons (Fsp3) is 0.462. The third-order valence-corrected chi connectivity index (χ3v) is 3.79. The van der Waals surface area contributed by atoms with Crippen molar-refractivity contribution in [2.75, 3.05) is 5.32 Å². The first-order valence-electron chi connectivity index (χ1n) is 6.28. The summed E-state index contributed by atoms with van der Waals surface area (Å²) in [5.41, 5.74) is 0.344. The second-order valence-electron chi connectivity index (χ2n) is 4.93. The Balaban J connectivity index is 1.89. The molecule has 3 unspecified atom stereocenters. The number of nitro groups is 1. The first kappa shape index (κ1) is 11.9. The standard InChI is InChI=1S/C13H13N3O3/c14-7-8-2-1-3-10(13(8)16(17)18)15-11-6-9-4-5-12(11)19-9/h1-3,9,11-12,15H,4-6H2. The number of hydrogen-bond acceptors (Lipinski definition) is 5. The van der Waals surface area contributed by atoms with Crippen LogP contribution >= 0.6 is 0 Å². The van der Waals surface area contributed by atoms with Gasteiger partial charge in [0.1, 0.15) is 17.3 Å². The smallest absolute Gasteiger partial charge is 0.309 e. The number of anilines is 1. The van der Waals surface area contributed by atoms with Gasteiger partial charge in [0.15, 0.2) is 0 Å². The van der Waals surface area contributed by atoms with E-state index in [1.807, 2.05) is 6.07 Å². The van der Waals surface area contributed by atoms with Gasteiger partial charge in [-0.3, -0.25) is 10.1 Å². The van der Waals surface area contributed by atoms with Crippen LogP contribution in [0.2, 0.25) is 0 Å². The van der Waals surface area contributed by atoms with E-state index in [9.17, 15) is 10.1 Å². The van der Waals surface area contributed by atoms with Crippen molar-refractivity contribution in [3.05, 3.63) is 33.9 Å². The average molecular weight is 259 g/mol. The first-order chi connectivity index (χ1) is 9.19. The number of nitrogens with zero attached hydrogens (tertiary/aromatic N) is 2. The highest BCUT2D eigenvalue weighted by atomic mass is 16.6. The summed E-state index contributed by atoms with van der Waals surface area (Å²) in [5.74, 6) is 0. The van der Waals surface area contributed by atoms with Gasteiger partial charge in [0.2, 0.25) is 0 Å². The molecule has 3 atom stereocenters. The number of nitriles is 1. The van der Waals surface area contributed by atoms with Gasteiger partial charge in [-0.15, -0.1) is 0 Å². The van der Waals surface area contributed by atoms with Crippen LogP contribution in [-0.4, -0.2) is 23.2 Å². The second kappa shape index (κ2) is 4.52. The minimum Gasteiger partial charge on any atom is -0.374 e. The number of para-hydroxylation sites is 1. The molecular formula is C13H13N3O3. The van der Waals surface area contributed by atoms with Gasteiger partial charge in [-0.25, -0.2) is 0 Å². The molecule has 0 spiro atoms. The summed E-state index contributed by atoms with van der Waals surface area (Å²) in [6, 6.07) is 6.72. The molecule has 6 nitrogen and oxygen atoms in total. The van der Waals surface area contributed by atoms with E-state index in [4.69, 9.17) is 10.00 Å². The fourth-order valence-electron chi connectivity index (χ4n) is 2.94. The van der Waals surface area contributed by atoms with E-state index in [0.717, 1.165) is 19.3 Å². The predicted octanol–water partition coefficient (Wildman–Crippen LogP) is 2.20. The molecule has 1 aromatic rings. The van der Waals surface area contributed by atoms with Crippen LogP contribution in [0.1, 0.15) is 24.8 Å². The number of hydrogen-bond donors (Lipinski definition) is 1. The number of benzene rings is 1. The third-order valence-electron chi connectivity index (χ3n) is 3.79. The summed E-state index contributed by atoms with van der Waals surface area (Å²) in [7, 11) is 0. The Hall–Kier alpha value is -2.13. The summed E-state index contributed by atoms with van der Waals surface area (Å²) >= 11 is 0. The monoisotopic (exact) mass is 259 g/mol. The van der Waals surface area contributed by atoms with E-state index in [0.29, 0.717) is 5.69 Å². The van der Waals surface area contributed by atoms with Crippen LogP contribution < -0.4 is 5.32 Å². The van der Waals surface area contributed by atoms with E-state index in [1.54, 1.807) is 12.1 Å². The van der Waals surface area contributed by atoms with Crippen molar-refractivity contribution >= 4 is 11.4 Å². The minimum absolute atomic E-state index is 0.0825. The fourth-order valence-corrected chi connectivity index (χ4v) is 2.94. The average Bonchev–Trinajstić information content (AvgIpc) is 3.00. The van der Waals surface area contributed by atoms with E-state index in [2.05, 4.69) is 5.32 Å². The number of nitrogens with one attached hydrogen (secondary N) is 1. The van der Waals surface area contributed by atoms with Crippen LogP contribution in [0.3, 0.4) is 0 Å².